The molecular formula is C14H25N3. The normalized spacial score (nSPS) is 32.2. The molecule has 3 heteroatoms. The molecule has 2 rings (SSSR count). The van der Waals surface area contributed by atoms with E-state index in [9.17, 15) is 5.26 Å². The number of rotatable bonds is 3. The lowest BCUT2D eigenvalue weighted by Gasteiger charge is -2.30. The fourth-order valence-corrected chi connectivity index (χ4v) is 3.26. The van der Waals surface area contributed by atoms with Gasteiger partial charge in [0, 0.05) is 12.6 Å². The van der Waals surface area contributed by atoms with Gasteiger partial charge in [-0.1, -0.05) is 19.8 Å². The van der Waals surface area contributed by atoms with Crippen molar-refractivity contribution in [2.45, 2.75) is 63.5 Å². The van der Waals surface area contributed by atoms with Gasteiger partial charge in [0.15, 0.2) is 0 Å². The Labute approximate surface area is 105 Å². The van der Waals surface area contributed by atoms with Crippen molar-refractivity contribution in [1.82, 2.24) is 10.2 Å². The maximum Gasteiger partial charge on any atom is 0.108 e. The molecule has 17 heavy (non-hydrogen) atoms. The van der Waals surface area contributed by atoms with Gasteiger partial charge in [0.05, 0.1) is 6.07 Å². The molecule has 0 aromatic carbocycles. The summed E-state index contributed by atoms with van der Waals surface area (Å²) in [5, 5.41) is 13.2. The standard InChI is InChI=1S/C14H25N3/c1-2-17-10-5-8-14(12-15,9-11-17)16-13-6-3-4-7-13/h13,16H,2-11H2,1H3. The minimum absolute atomic E-state index is 0.237. The molecule has 96 valence electrons. The molecule has 0 spiro atoms. The summed E-state index contributed by atoms with van der Waals surface area (Å²) < 4.78 is 0. The van der Waals surface area contributed by atoms with E-state index in [4.69, 9.17) is 0 Å². The van der Waals surface area contributed by atoms with Gasteiger partial charge in [0.2, 0.25) is 0 Å². The minimum atomic E-state index is -0.237. The first-order valence-corrected chi connectivity index (χ1v) is 7.19. The second kappa shape index (κ2) is 5.84. The molecular weight excluding hydrogens is 210 g/mol. The number of likely N-dealkylation sites (tertiary alicyclic amines) is 1. The van der Waals surface area contributed by atoms with Crippen molar-refractivity contribution in [2.75, 3.05) is 19.6 Å². The summed E-state index contributed by atoms with van der Waals surface area (Å²) in [6, 6.07) is 3.19. The van der Waals surface area contributed by atoms with Crippen LogP contribution in [0.25, 0.3) is 0 Å². The number of nitrogens with one attached hydrogen (secondary N) is 1. The average Bonchev–Trinajstić information content (AvgIpc) is 2.76. The lowest BCUT2D eigenvalue weighted by Crippen LogP contribution is -2.49. The highest BCUT2D eigenvalue weighted by Crippen LogP contribution is 2.26. The molecule has 1 saturated heterocycles. The molecule has 2 aliphatic rings. The first kappa shape index (κ1) is 12.9. The van der Waals surface area contributed by atoms with E-state index in [-0.39, 0.29) is 5.54 Å². The van der Waals surface area contributed by atoms with Gasteiger partial charge < -0.3 is 4.90 Å². The Morgan fingerprint density at radius 2 is 2.00 bits per heavy atom. The molecule has 1 atom stereocenters. The van der Waals surface area contributed by atoms with Crippen LogP contribution in [0.3, 0.4) is 0 Å². The largest absolute Gasteiger partial charge is 0.304 e. The Hall–Kier alpha value is -0.590. The molecule has 1 aliphatic carbocycles. The zero-order chi connectivity index (χ0) is 12.1. The third-order valence-electron chi connectivity index (χ3n) is 4.43. The second-order valence-corrected chi connectivity index (χ2v) is 5.61. The maximum absolute atomic E-state index is 9.55. The van der Waals surface area contributed by atoms with Gasteiger partial charge in [-0.25, -0.2) is 0 Å². The second-order valence-electron chi connectivity index (χ2n) is 5.61. The lowest BCUT2D eigenvalue weighted by molar-refractivity contribution is 0.280. The van der Waals surface area contributed by atoms with Crippen LogP contribution >= 0.6 is 0 Å². The monoisotopic (exact) mass is 235 g/mol. The van der Waals surface area contributed by atoms with E-state index in [1.165, 1.54) is 25.7 Å². The van der Waals surface area contributed by atoms with Crippen LogP contribution in [0.2, 0.25) is 0 Å². The van der Waals surface area contributed by atoms with Crippen LogP contribution in [0.15, 0.2) is 0 Å². The molecule has 0 radical (unpaired) electrons. The molecule has 3 nitrogen and oxygen atoms in total. The van der Waals surface area contributed by atoms with Crippen LogP contribution in [0.4, 0.5) is 0 Å². The van der Waals surface area contributed by atoms with E-state index in [1.54, 1.807) is 0 Å². The molecule has 0 aromatic rings. The Kier molecular flexibility index (Phi) is 4.42. The molecule has 0 bridgehead atoms. The molecule has 0 aromatic heterocycles. The summed E-state index contributed by atoms with van der Waals surface area (Å²) in [4.78, 5) is 2.47. The van der Waals surface area contributed by atoms with Crippen LogP contribution in [-0.2, 0) is 0 Å². The number of nitriles is 1. The van der Waals surface area contributed by atoms with Crippen molar-refractivity contribution in [3.8, 4) is 6.07 Å². The minimum Gasteiger partial charge on any atom is -0.304 e. The van der Waals surface area contributed by atoms with E-state index in [0.29, 0.717) is 6.04 Å². The molecule has 1 saturated carbocycles. The number of hydrogen-bond acceptors (Lipinski definition) is 3. The zero-order valence-corrected chi connectivity index (χ0v) is 11.0. The quantitative estimate of drug-likeness (QED) is 0.815. The smallest absolute Gasteiger partial charge is 0.108 e. The Morgan fingerprint density at radius 1 is 1.24 bits per heavy atom. The van der Waals surface area contributed by atoms with Crippen molar-refractivity contribution in [1.29, 1.82) is 5.26 Å². The van der Waals surface area contributed by atoms with E-state index in [1.807, 2.05) is 0 Å². The first-order valence-electron chi connectivity index (χ1n) is 7.19. The SMILES string of the molecule is CCN1CCCC(C#N)(NC2CCCC2)CC1. The summed E-state index contributed by atoms with van der Waals surface area (Å²) >= 11 is 0. The van der Waals surface area contributed by atoms with Crippen molar-refractivity contribution < 1.29 is 0 Å². The molecule has 1 heterocycles. The Morgan fingerprint density at radius 3 is 2.65 bits per heavy atom. The lowest BCUT2D eigenvalue weighted by atomic mass is 9.91. The van der Waals surface area contributed by atoms with Crippen molar-refractivity contribution in [3.05, 3.63) is 0 Å². The van der Waals surface area contributed by atoms with Crippen LogP contribution in [-0.4, -0.2) is 36.1 Å². The highest BCUT2D eigenvalue weighted by Gasteiger charge is 2.34. The summed E-state index contributed by atoms with van der Waals surface area (Å²) in [5.74, 6) is 0. The Balaban J connectivity index is 1.95. The predicted molar refractivity (Wildman–Crippen MR) is 69.7 cm³/mol. The molecule has 1 unspecified atom stereocenters. The topological polar surface area (TPSA) is 39.1 Å². The zero-order valence-electron chi connectivity index (χ0n) is 11.0. The number of nitrogens with zero attached hydrogens (tertiary/aromatic N) is 2. The van der Waals surface area contributed by atoms with E-state index in [0.717, 1.165) is 38.9 Å². The summed E-state index contributed by atoms with van der Waals surface area (Å²) in [5.41, 5.74) is -0.237. The first-order chi connectivity index (χ1) is 8.28. The van der Waals surface area contributed by atoms with Gasteiger partial charge >= 0.3 is 0 Å². The van der Waals surface area contributed by atoms with Gasteiger partial charge in [-0.2, -0.15) is 5.26 Å². The average molecular weight is 235 g/mol. The number of hydrogen-bond donors (Lipinski definition) is 1. The van der Waals surface area contributed by atoms with Gasteiger partial charge in [-0.05, 0) is 45.2 Å². The van der Waals surface area contributed by atoms with Crippen molar-refractivity contribution in [3.63, 3.8) is 0 Å². The maximum atomic E-state index is 9.55. The third-order valence-corrected chi connectivity index (χ3v) is 4.43. The van der Waals surface area contributed by atoms with Crippen LogP contribution in [0.1, 0.15) is 51.9 Å². The molecule has 1 aliphatic heterocycles. The fraction of sp³-hybridized carbons (Fsp3) is 0.929. The highest BCUT2D eigenvalue weighted by atomic mass is 15.1. The van der Waals surface area contributed by atoms with Crippen molar-refractivity contribution >= 4 is 0 Å². The van der Waals surface area contributed by atoms with Crippen LogP contribution < -0.4 is 5.32 Å². The van der Waals surface area contributed by atoms with E-state index in [2.05, 4.69) is 23.2 Å². The summed E-state index contributed by atoms with van der Waals surface area (Å²) in [7, 11) is 0. The predicted octanol–water partition coefficient (Wildman–Crippen LogP) is 2.29. The van der Waals surface area contributed by atoms with Crippen LogP contribution in [0, 0.1) is 11.3 Å². The Bertz CT molecular complexity index is 278. The van der Waals surface area contributed by atoms with Crippen LogP contribution in [0.5, 0.6) is 0 Å². The van der Waals surface area contributed by atoms with Gasteiger partial charge in [0.25, 0.3) is 0 Å². The molecule has 0 amide bonds. The molecule has 2 fully saturated rings. The van der Waals surface area contributed by atoms with E-state index >= 15 is 0 Å². The van der Waals surface area contributed by atoms with Crippen molar-refractivity contribution in [2.24, 2.45) is 0 Å². The summed E-state index contributed by atoms with van der Waals surface area (Å²) in [6.07, 6.45) is 8.37. The third kappa shape index (κ3) is 3.20. The molecule has 1 N–H and O–H groups in total. The van der Waals surface area contributed by atoms with Gasteiger partial charge in [-0.3, -0.25) is 5.32 Å². The summed E-state index contributed by atoms with van der Waals surface area (Å²) in [6.45, 7) is 5.56. The van der Waals surface area contributed by atoms with Gasteiger partial charge in [-0.15, -0.1) is 0 Å². The van der Waals surface area contributed by atoms with Gasteiger partial charge in [0.1, 0.15) is 5.54 Å². The van der Waals surface area contributed by atoms with E-state index < -0.39 is 0 Å². The highest BCUT2D eigenvalue weighted by molar-refractivity contribution is 5.09. The fourth-order valence-electron chi connectivity index (χ4n) is 3.26.